The molecular weight excluding hydrogens is 243 g/mol. The third-order valence-electron chi connectivity index (χ3n) is 2.26. The first-order valence-corrected chi connectivity index (χ1v) is 5.06. The molecule has 0 aliphatic heterocycles. The first kappa shape index (κ1) is 14.1. The number of rotatable bonds is 5. The molecule has 1 atom stereocenters. The maximum absolute atomic E-state index is 13.3. The molecule has 0 aliphatic carbocycles. The van der Waals surface area contributed by atoms with Gasteiger partial charge in [0.25, 0.3) is 5.91 Å². The van der Waals surface area contributed by atoms with E-state index in [1.54, 1.807) is 0 Å². The van der Waals surface area contributed by atoms with Crippen LogP contribution in [0.25, 0.3) is 0 Å². The Hall–Kier alpha value is -1.99. The minimum absolute atomic E-state index is 0.0158. The highest BCUT2D eigenvalue weighted by Gasteiger charge is 2.17. The summed E-state index contributed by atoms with van der Waals surface area (Å²) in [7, 11) is 1.32. The average Bonchev–Trinajstić information content (AvgIpc) is 2.30. The Morgan fingerprint density at radius 3 is 2.67 bits per heavy atom. The monoisotopic (exact) mass is 256 g/mol. The van der Waals surface area contributed by atoms with E-state index < -0.39 is 29.4 Å². The molecule has 0 radical (unpaired) electrons. The van der Waals surface area contributed by atoms with Crippen LogP contribution >= 0.6 is 0 Å². The predicted molar refractivity (Wildman–Crippen MR) is 61.8 cm³/mol. The molecule has 4 N–H and O–H groups in total. The molecule has 0 heterocycles. The van der Waals surface area contributed by atoms with E-state index in [0.29, 0.717) is 0 Å². The maximum atomic E-state index is 13.3. The average molecular weight is 256 g/mol. The number of carbonyl (C=O) groups is 2. The van der Waals surface area contributed by atoms with Crippen molar-refractivity contribution in [1.82, 2.24) is 0 Å². The first-order chi connectivity index (χ1) is 8.49. The Morgan fingerprint density at radius 1 is 1.56 bits per heavy atom. The summed E-state index contributed by atoms with van der Waals surface area (Å²) < 4.78 is 18.1. The predicted octanol–water partition coefficient (Wildman–Crippen LogP) is 0.436. The van der Waals surface area contributed by atoms with Crippen molar-refractivity contribution in [3.63, 3.8) is 0 Å². The topological polar surface area (TPSA) is 102 Å². The number of amides is 1. The minimum Gasteiger partial charge on any atom is -0.478 e. The van der Waals surface area contributed by atoms with Gasteiger partial charge in [0.1, 0.15) is 11.9 Å². The van der Waals surface area contributed by atoms with Gasteiger partial charge in [0.2, 0.25) is 0 Å². The zero-order chi connectivity index (χ0) is 13.7. The van der Waals surface area contributed by atoms with Crippen LogP contribution in [0.5, 0.6) is 0 Å². The summed E-state index contributed by atoms with van der Waals surface area (Å²) in [5.74, 6) is -2.83. The zero-order valence-electron chi connectivity index (χ0n) is 9.64. The van der Waals surface area contributed by atoms with Crippen LogP contribution in [0, 0.1) is 5.82 Å². The Kier molecular flexibility index (Phi) is 4.75. The smallest absolute Gasteiger partial charge is 0.338 e. The Bertz CT molecular complexity index is 460. The van der Waals surface area contributed by atoms with E-state index in [9.17, 15) is 14.0 Å². The number of halogens is 1. The van der Waals surface area contributed by atoms with Gasteiger partial charge in [-0.2, -0.15) is 0 Å². The minimum atomic E-state index is -1.37. The van der Waals surface area contributed by atoms with Crippen LogP contribution in [0.2, 0.25) is 0 Å². The van der Waals surface area contributed by atoms with Crippen molar-refractivity contribution in [2.75, 3.05) is 19.0 Å². The van der Waals surface area contributed by atoms with E-state index in [4.69, 9.17) is 15.6 Å². The van der Waals surface area contributed by atoms with Gasteiger partial charge in [0, 0.05) is 19.3 Å². The molecule has 1 aromatic rings. The van der Waals surface area contributed by atoms with Crippen molar-refractivity contribution in [3.05, 3.63) is 29.6 Å². The normalized spacial score (nSPS) is 11.9. The van der Waals surface area contributed by atoms with Crippen molar-refractivity contribution in [2.24, 2.45) is 5.73 Å². The summed E-state index contributed by atoms with van der Waals surface area (Å²) in [5, 5.41) is 11.0. The van der Waals surface area contributed by atoms with Crippen LogP contribution < -0.4 is 11.1 Å². The number of carbonyl (C=O) groups excluding carboxylic acids is 1. The fourth-order valence-corrected chi connectivity index (χ4v) is 1.30. The SMILES string of the molecule is COC(CN)C(=O)Nc1ccc(C(=O)O)c(F)c1. The zero-order valence-corrected chi connectivity index (χ0v) is 9.64. The lowest BCUT2D eigenvalue weighted by atomic mass is 10.2. The van der Waals surface area contributed by atoms with E-state index in [0.717, 1.165) is 12.1 Å². The van der Waals surface area contributed by atoms with Gasteiger partial charge in [0.05, 0.1) is 5.56 Å². The van der Waals surface area contributed by atoms with Gasteiger partial charge in [0.15, 0.2) is 0 Å². The van der Waals surface area contributed by atoms with Crippen molar-refractivity contribution < 1.29 is 23.8 Å². The summed E-state index contributed by atoms with van der Waals surface area (Å²) in [6.07, 6.45) is -0.841. The summed E-state index contributed by atoms with van der Waals surface area (Å²) in [6.45, 7) is -0.0158. The number of benzene rings is 1. The van der Waals surface area contributed by atoms with E-state index in [1.165, 1.54) is 13.2 Å². The maximum Gasteiger partial charge on any atom is 0.338 e. The van der Waals surface area contributed by atoms with Gasteiger partial charge in [-0.25, -0.2) is 9.18 Å². The van der Waals surface area contributed by atoms with Crippen LogP contribution in [0.3, 0.4) is 0 Å². The molecule has 0 bridgehead atoms. The summed E-state index contributed by atoms with van der Waals surface area (Å²) in [5.41, 5.74) is 4.97. The largest absolute Gasteiger partial charge is 0.478 e. The van der Waals surface area contributed by atoms with Gasteiger partial charge in [-0.15, -0.1) is 0 Å². The van der Waals surface area contributed by atoms with Crippen molar-refractivity contribution in [3.8, 4) is 0 Å². The summed E-state index contributed by atoms with van der Waals surface area (Å²) in [6, 6.07) is 3.27. The number of hydrogen-bond acceptors (Lipinski definition) is 4. The number of carboxylic acids is 1. The van der Waals surface area contributed by atoms with Crippen molar-refractivity contribution in [2.45, 2.75) is 6.10 Å². The second-order valence-electron chi connectivity index (χ2n) is 3.45. The second kappa shape index (κ2) is 6.08. The lowest BCUT2D eigenvalue weighted by Crippen LogP contribution is -2.35. The highest BCUT2D eigenvalue weighted by molar-refractivity contribution is 5.95. The molecule has 6 nitrogen and oxygen atoms in total. The van der Waals surface area contributed by atoms with Crippen LogP contribution in [0.15, 0.2) is 18.2 Å². The van der Waals surface area contributed by atoms with E-state index >= 15 is 0 Å². The fourth-order valence-electron chi connectivity index (χ4n) is 1.30. The number of aromatic carboxylic acids is 1. The molecular formula is C11H13FN2O4. The van der Waals surface area contributed by atoms with Gasteiger partial charge in [-0.1, -0.05) is 0 Å². The van der Waals surface area contributed by atoms with E-state index in [2.05, 4.69) is 5.32 Å². The van der Waals surface area contributed by atoms with E-state index in [-0.39, 0.29) is 12.2 Å². The molecule has 7 heteroatoms. The van der Waals surface area contributed by atoms with Gasteiger partial charge < -0.3 is 20.9 Å². The Labute approximate surface area is 103 Å². The number of hydrogen-bond donors (Lipinski definition) is 3. The highest BCUT2D eigenvalue weighted by atomic mass is 19.1. The molecule has 1 rings (SSSR count). The summed E-state index contributed by atoms with van der Waals surface area (Å²) >= 11 is 0. The van der Waals surface area contributed by atoms with E-state index in [1.807, 2.05) is 0 Å². The molecule has 0 saturated heterocycles. The van der Waals surface area contributed by atoms with Crippen molar-refractivity contribution >= 4 is 17.6 Å². The second-order valence-corrected chi connectivity index (χ2v) is 3.45. The van der Waals surface area contributed by atoms with Crippen molar-refractivity contribution in [1.29, 1.82) is 0 Å². The van der Waals surface area contributed by atoms with Crippen LogP contribution in [-0.2, 0) is 9.53 Å². The van der Waals surface area contributed by atoms with Crippen LogP contribution in [-0.4, -0.2) is 36.7 Å². The molecule has 1 unspecified atom stereocenters. The lowest BCUT2D eigenvalue weighted by Gasteiger charge is -2.13. The number of methoxy groups -OCH3 is 1. The number of anilines is 1. The molecule has 0 fully saturated rings. The molecule has 0 aliphatic rings. The van der Waals surface area contributed by atoms with Gasteiger partial charge >= 0.3 is 5.97 Å². The number of ether oxygens (including phenoxy) is 1. The van der Waals surface area contributed by atoms with Gasteiger partial charge in [-0.3, -0.25) is 4.79 Å². The lowest BCUT2D eigenvalue weighted by molar-refractivity contribution is -0.125. The number of nitrogens with two attached hydrogens (primary N) is 1. The quantitative estimate of drug-likeness (QED) is 0.709. The summed E-state index contributed by atoms with van der Waals surface area (Å²) in [4.78, 5) is 22.1. The molecule has 1 aromatic carbocycles. The number of nitrogens with one attached hydrogen (secondary N) is 1. The molecule has 98 valence electrons. The van der Waals surface area contributed by atoms with Crippen LogP contribution in [0.4, 0.5) is 10.1 Å². The first-order valence-electron chi connectivity index (χ1n) is 5.06. The number of carboxylic acid groups (broad SMARTS) is 1. The molecule has 0 spiro atoms. The third-order valence-corrected chi connectivity index (χ3v) is 2.26. The Balaban J connectivity index is 2.83. The fraction of sp³-hybridized carbons (Fsp3) is 0.273. The molecule has 18 heavy (non-hydrogen) atoms. The third kappa shape index (κ3) is 3.25. The molecule has 0 saturated carbocycles. The standard InChI is InChI=1S/C11H13FN2O4/c1-18-9(5-13)10(15)14-6-2-3-7(11(16)17)8(12)4-6/h2-4,9H,5,13H2,1H3,(H,14,15)(H,16,17). The highest BCUT2D eigenvalue weighted by Crippen LogP contribution is 2.15. The van der Waals surface area contributed by atoms with Gasteiger partial charge in [-0.05, 0) is 18.2 Å². The Morgan fingerprint density at radius 2 is 2.22 bits per heavy atom. The molecule has 1 amide bonds. The van der Waals surface area contributed by atoms with Crippen LogP contribution in [0.1, 0.15) is 10.4 Å². The molecule has 0 aromatic heterocycles.